The van der Waals surface area contributed by atoms with E-state index in [2.05, 4.69) is 36.2 Å². The van der Waals surface area contributed by atoms with Crippen LogP contribution in [-0.4, -0.2) is 126 Å². The van der Waals surface area contributed by atoms with Gasteiger partial charge < -0.3 is 33.2 Å². The fraction of sp³-hybridized carbons (Fsp3) is 0.706. The number of benzene rings is 1. The lowest BCUT2D eigenvalue weighted by molar-refractivity contribution is 0.0349. The molecule has 0 aliphatic heterocycles. The molecule has 23 nitrogen and oxygen atoms in total. The molecule has 4 N–H and O–H groups in total. The smallest absolute Gasteiger partial charge is 0.437 e. The van der Waals surface area contributed by atoms with Crippen LogP contribution in [-0.2, 0) is 33.3 Å². The van der Waals surface area contributed by atoms with Crippen molar-refractivity contribution in [3.63, 3.8) is 0 Å². The molecule has 0 heterocycles. The number of guanidine groups is 3. The molecule has 0 spiro atoms. The molecule has 23 heteroatoms. The van der Waals surface area contributed by atoms with E-state index in [0.717, 1.165) is 30.7 Å². The van der Waals surface area contributed by atoms with Gasteiger partial charge >= 0.3 is 36.6 Å². The van der Waals surface area contributed by atoms with Crippen LogP contribution in [0.1, 0.15) is 170 Å². The molecule has 1 rings (SSSR count). The van der Waals surface area contributed by atoms with E-state index in [0.29, 0.717) is 30.8 Å². The normalized spacial score (nSPS) is 12.6. The van der Waals surface area contributed by atoms with Crippen LogP contribution in [0.3, 0.4) is 0 Å². The molecule has 0 fully saturated rings. The highest BCUT2D eigenvalue weighted by Crippen LogP contribution is 2.23. The number of carbonyl (C=O) groups excluding carboxylic acids is 6. The number of rotatable bonds is 16. The summed E-state index contributed by atoms with van der Waals surface area (Å²) >= 11 is 0. The molecule has 0 unspecified atom stereocenters. The minimum absolute atomic E-state index is 0.00468. The topological polar surface area (TPSA) is 268 Å². The summed E-state index contributed by atoms with van der Waals surface area (Å²) in [6, 6.07) is 6.54. The Balaban J connectivity index is 3.21. The first-order chi connectivity index (χ1) is 33.8. The Labute approximate surface area is 438 Å². The summed E-state index contributed by atoms with van der Waals surface area (Å²) in [5.41, 5.74) is -4.71. The first kappa shape index (κ1) is 65.6. The van der Waals surface area contributed by atoms with Crippen LogP contribution in [0.25, 0.3) is 0 Å². The van der Waals surface area contributed by atoms with Gasteiger partial charge in [0.1, 0.15) is 39.4 Å². The third kappa shape index (κ3) is 32.6. The van der Waals surface area contributed by atoms with E-state index in [-0.39, 0.29) is 44.0 Å². The van der Waals surface area contributed by atoms with Gasteiger partial charge in [-0.15, -0.1) is 4.99 Å². The summed E-state index contributed by atoms with van der Waals surface area (Å²) in [6.45, 7) is 31.3. The van der Waals surface area contributed by atoms with Crippen molar-refractivity contribution in [2.75, 3.05) is 38.4 Å². The summed E-state index contributed by atoms with van der Waals surface area (Å²) in [6.07, 6.45) is -0.180. The molecule has 0 bridgehead atoms. The van der Waals surface area contributed by atoms with E-state index in [1.807, 2.05) is 0 Å². The van der Waals surface area contributed by atoms with E-state index in [1.54, 1.807) is 149 Å². The highest BCUT2D eigenvalue weighted by atomic mass is 16.7. The second kappa shape index (κ2) is 29.5. The average molecular weight is 1050 g/mol. The summed E-state index contributed by atoms with van der Waals surface area (Å²) in [4.78, 5) is 97.2. The van der Waals surface area contributed by atoms with Gasteiger partial charge in [0.15, 0.2) is 0 Å². The third-order valence-corrected chi connectivity index (χ3v) is 8.24. The SMILES string of the molecule is CON(C(=NC(=O)OC(C)(C)C)NC(=O)OC(C)(C)C)c1cccc(OCCCN(C(=O)OC(C)(C)C)C(=NCCCCCCCCN=C(NC(=O)OC(C)(C)C)NC(=O)OC(C)(C)C)NC(=O)OC(C)(C)C)c1. The van der Waals surface area contributed by atoms with Crippen molar-refractivity contribution in [1.29, 1.82) is 0 Å². The number of hydroxylamine groups is 1. The maximum atomic E-state index is 13.8. The summed E-state index contributed by atoms with van der Waals surface area (Å²) in [7, 11) is 1.31. The second-order valence-electron chi connectivity index (χ2n) is 22.8. The molecule has 1 aromatic carbocycles. The van der Waals surface area contributed by atoms with Crippen LogP contribution in [0.5, 0.6) is 5.75 Å². The Hall–Kier alpha value is -6.39. The number of unbranched alkanes of at least 4 members (excludes halogenated alkanes) is 5. The predicted octanol–water partition coefficient (Wildman–Crippen LogP) is 10.5. The van der Waals surface area contributed by atoms with Crippen molar-refractivity contribution in [1.82, 2.24) is 26.2 Å². The van der Waals surface area contributed by atoms with Gasteiger partial charge in [-0.1, -0.05) is 31.7 Å². The van der Waals surface area contributed by atoms with Crippen molar-refractivity contribution in [3.8, 4) is 5.75 Å². The number of aliphatic imine (C=N–C) groups is 3. The first-order valence-electron chi connectivity index (χ1n) is 24.8. The Morgan fingerprint density at radius 3 is 1.36 bits per heavy atom. The summed E-state index contributed by atoms with van der Waals surface area (Å²) < 4.78 is 38.7. The number of carbonyl (C=O) groups is 6. The predicted molar refractivity (Wildman–Crippen MR) is 282 cm³/mol. The molecule has 0 saturated heterocycles. The third-order valence-electron chi connectivity index (χ3n) is 8.24. The van der Waals surface area contributed by atoms with Gasteiger partial charge in [-0.2, -0.15) is 5.06 Å². The summed E-state index contributed by atoms with van der Waals surface area (Å²) in [5, 5.41) is 11.2. The number of anilines is 1. The molecule has 1 aromatic rings. The minimum atomic E-state index is -0.994. The monoisotopic (exact) mass is 1050 g/mol. The van der Waals surface area contributed by atoms with Crippen LogP contribution < -0.4 is 31.1 Å². The average Bonchev–Trinajstić information content (AvgIpc) is 3.17. The van der Waals surface area contributed by atoms with Crippen molar-refractivity contribution in [2.45, 2.75) is 203 Å². The van der Waals surface area contributed by atoms with Crippen LogP contribution in [0.4, 0.5) is 34.5 Å². The number of amides is 6. The highest BCUT2D eigenvalue weighted by molar-refractivity contribution is 6.06. The van der Waals surface area contributed by atoms with E-state index >= 15 is 0 Å². The first-order valence-corrected chi connectivity index (χ1v) is 24.8. The zero-order valence-electron chi connectivity index (χ0n) is 47.5. The van der Waals surface area contributed by atoms with E-state index in [1.165, 1.54) is 12.0 Å². The molecular weight excluding hydrogens is 963 g/mol. The van der Waals surface area contributed by atoms with Gasteiger partial charge in [0.2, 0.25) is 17.9 Å². The van der Waals surface area contributed by atoms with Crippen molar-refractivity contribution in [2.24, 2.45) is 15.0 Å². The Morgan fingerprint density at radius 1 is 0.500 bits per heavy atom. The van der Waals surface area contributed by atoms with Crippen LogP contribution in [0.2, 0.25) is 0 Å². The molecule has 0 radical (unpaired) electrons. The van der Waals surface area contributed by atoms with Crippen molar-refractivity contribution < 1.29 is 66.8 Å². The largest absolute Gasteiger partial charge is 0.493 e. The number of nitrogens with zero attached hydrogens (tertiary/aromatic N) is 5. The lowest BCUT2D eigenvalue weighted by Crippen LogP contribution is -2.50. The number of ether oxygens (including phenoxy) is 7. The standard InChI is InChI=1S/C51H87N9O14/c1-46(2,3)69-40(61)54-37(55-41(62)70-47(4,5)6)52-30-24-22-20-21-23-25-31-53-38(56-42(63)71-48(7,8)9)59(45(66)74-51(16,17)18)32-27-33-68-36-29-26-28-35(34-36)60(67-19)39(57-43(64)72-49(10,11)12)58-44(65)73-50(13,14)15/h26,28-29,34H,20-25,27,30-33H2,1-19H3,(H,53,56,63)(H,57,58,64,65)(H2,52,54,55,61,62). The fourth-order valence-corrected chi connectivity index (χ4v) is 5.72. The fourth-order valence-electron chi connectivity index (χ4n) is 5.72. The van der Waals surface area contributed by atoms with Gasteiger partial charge in [0.25, 0.3) is 0 Å². The number of nitrogens with one attached hydrogen (secondary N) is 4. The lowest BCUT2D eigenvalue weighted by atomic mass is 10.1. The Kier molecular flexibility index (Phi) is 26.2. The van der Waals surface area contributed by atoms with Crippen molar-refractivity contribution >= 4 is 60.1 Å². The van der Waals surface area contributed by atoms with Crippen LogP contribution >= 0.6 is 0 Å². The summed E-state index contributed by atoms with van der Waals surface area (Å²) in [5.74, 6) is -0.129. The van der Waals surface area contributed by atoms with Crippen LogP contribution in [0.15, 0.2) is 39.2 Å². The van der Waals surface area contributed by atoms with Crippen molar-refractivity contribution in [3.05, 3.63) is 24.3 Å². The molecule has 0 aliphatic rings. The number of alkyl carbamates (subject to hydrolysis) is 4. The lowest BCUT2D eigenvalue weighted by Gasteiger charge is -2.29. The Morgan fingerprint density at radius 2 is 0.919 bits per heavy atom. The zero-order chi connectivity index (χ0) is 56.7. The molecule has 0 saturated carbocycles. The van der Waals surface area contributed by atoms with Gasteiger partial charge in [0.05, 0.1) is 19.4 Å². The molecule has 0 atom stereocenters. The zero-order valence-corrected chi connectivity index (χ0v) is 47.5. The number of hydrogen-bond acceptors (Lipinski definition) is 16. The molecular formula is C51H87N9O14. The van der Waals surface area contributed by atoms with Gasteiger partial charge in [-0.05, 0) is 156 Å². The maximum absolute atomic E-state index is 13.8. The quantitative estimate of drug-likeness (QED) is 0.0394. The number of hydrogen-bond donors (Lipinski definition) is 4. The molecule has 6 amide bonds. The van der Waals surface area contributed by atoms with Gasteiger partial charge in [-0.25, -0.2) is 33.7 Å². The highest BCUT2D eigenvalue weighted by Gasteiger charge is 2.30. The minimum Gasteiger partial charge on any atom is -0.493 e. The Bertz CT molecular complexity index is 2050. The van der Waals surface area contributed by atoms with E-state index < -0.39 is 70.2 Å². The van der Waals surface area contributed by atoms with E-state index in [4.69, 9.17) is 38.0 Å². The molecule has 420 valence electrons. The van der Waals surface area contributed by atoms with E-state index in [9.17, 15) is 28.8 Å². The maximum Gasteiger partial charge on any atom is 0.437 e. The van der Waals surface area contributed by atoms with Crippen LogP contribution in [0, 0.1) is 0 Å². The molecule has 0 aromatic heterocycles. The van der Waals surface area contributed by atoms with Gasteiger partial charge in [-0.3, -0.25) is 36.1 Å². The molecule has 0 aliphatic carbocycles. The molecule has 74 heavy (non-hydrogen) atoms. The van der Waals surface area contributed by atoms with Gasteiger partial charge in [0, 0.05) is 25.7 Å². The second-order valence-corrected chi connectivity index (χ2v) is 22.8.